The Labute approximate surface area is 158 Å². The van der Waals surface area contributed by atoms with Crippen LogP contribution in [0.15, 0.2) is 35.5 Å². The highest BCUT2D eigenvalue weighted by atomic mass is 16.6. The van der Waals surface area contributed by atoms with E-state index in [2.05, 4.69) is 6.58 Å². The number of esters is 2. The Morgan fingerprint density at radius 2 is 2.19 bits per heavy atom. The van der Waals surface area contributed by atoms with Gasteiger partial charge in [0.2, 0.25) is 0 Å². The summed E-state index contributed by atoms with van der Waals surface area (Å²) in [6, 6.07) is 0. The largest absolute Gasteiger partial charge is 0.458 e. The number of carbonyl (C=O) groups excluding carboxylic acids is 3. The van der Waals surface area contributed by atoms with Crippen molar-refractivity contribution in [3.8, 4) is 0 Å². The quantitative estimate of drug-likeness (QED) is 0.335. The van der Waals surface area contributed by atoms with Gasteiger partial charge < -0.3 is 19.3 Å². The molecule has 4 atom stereocenters. The summed E-state index contributed by atoms with van der Waals surface area (Å²) >= 11 is 0. The smallest absolute Gasteiger partial charge is 0.334 e. The number of aliphatic hydroxyl groups excluding tert-OH is 1. The molecule has 0 aromatic rings. The second-order valence-corrected chi connectivity index (χ2v) is 6.98. The molecule has 1 aliphatic heterocycles. The lowest BCUT2D eigenvalue weighted by Crippen LogP contribution is -2.44. The van der Waals surface area contributed by atoms with E-state index in [9.17, 15) is 19.5 Å². The van der Waals surface area contributed by atoms with E-state index in [4.69, 9.17) is 14.2 Å². The van der Waals surface area contributed by atoms with Gasteiger partial charge in [-0.15, -0.1) is 0 Å². The maximum absolute atomic E-state index is 12.3. The molecule has 1 N–H and O–H groups in total. The third kappa shape index (κ3) is 4.54. The van der Waals surface area contributed by atoms with Crippen molar-refractivity contribution in [1.29, 1.82) is 0 Å². The summed E-state index contributed by atoms with van der Waals surface area (Å²) in [5.41, 5.74) is 1.12. The summed E-state index contributed by atoms with van der Waals surface area (Å²) in [6.07, 6.45) is 2.40. The van der Waals surface area contributed by atoms with Crippen LogP contribution in [0.5, 0.6) is 0 Å². The minimum absolute atomic E-state index is 0.142. The van der Waals surface area contributed by atoms with Crippen LogP contribution in [-0.2, 0) is 28.6 Å². The lowest BCUT2D eigenvalue weighted by atomic mass is 9.83. The number of carbonyl (C=O) groups is 3. The second kappa shape index (κ2) is 9.10. The third-order valence-corrected chi connectivity index (χ3v) is 4.80. The van der Waals surface area contributed by atoms with E-state index in [0.29, 0.717) is 30.3 Å². The molecule has 1 aliphatic carbocycles. The van der Waals surface area contributed by atoms with Gasteiger partial charge in [-0.05, 0) is 24.5 Å². The Morgan fingerprint density at radius 1 is 1.48 bits per heavy atom. The van der Waals surface area contributed by atoms with Crippen molar-refractivity contribution in [2.75, 3.05) is 13.7 Å². The van der Waals surface area contributed by atoms with Gasteiger partial charge in [0.1, 0.15) is 24.6 Å². The molecule has 7 nitrogen and oxygen atoms in total. The maximum atomic E-state index is 12.3. The van der Waals surface area contributed by atoms with Crippen molar-refractivity contribution >= 4 is 18.2 Å². The van der Waals surface area contributed by atoms with Gasteiger partial charge >= 0.3 is 11.9 Å². The lowest BCUT2D eigenvalue weighted by Gasteiger charge is -2.33. The van der Waals surface area contributed by atoms with Crippen LogP contribution in [0.25, 0.3) is 0 Å². The Kier molecular flexibility index (Phi) is 7.10. The molecule has 0 radical (unpaired) electrons. The van der Waals surface area contributed by atoms with Crippen molar-refractivity contribution in [3.05, 3.63) is 35.5 Å². The third-order valence-electron chi connectivity index (χ3n) is 4.80. The Morgan fingerprint density at radius 3 is 2.74 bits per heavy atom. The number of aliphatic hydroxyl groups is 1. The topological polar surface area (TPSA) is 99.1 Å². The molecule has 27 heavy (non-hydrogen) atoms. The molecule has 1 heterocycles. The fraction of sp³-hybridized carbons (Fsp3) is 0.550. The van der Waals surface area contributed by atoms with E-state index in [1.807, 2.05) is 0 Å². The highest BCUT2D eigenvalue weighted by Crippen LogP contribution is 2.37. The number of ether oxygens (including phenoxy) is 3. The van der Waals surface area contributed by atoms with Gasteiger partial charge in [-0.2, -0.15) is 0 Å². The molecule has 0 aromatic carbocycles. The fourth-order valence-electron chi connectivity index (χ4n) is 3.29. The van der Waals surface area contributed by atoms with Crippen molar-refractivity contribution in [2.24, 2.45) is 11.8 Å². The molecular weight excluding hydrogens is 352 g/mol. The molecule has 0 saturated carbocycles. The highest BCUT2D eigenvalue weighted by molar-refractivity contribution is 5.91. The van der Waals surface area contributed by atoms with Crippen molar-refractivity contribution in [2.45, 2.75) is 45.0 Å². The molecule has 0 amide bonds. The summed E-state index contributed by atoms with van der Waals surface area (Å²) in [7, 11) is 1.41. The van der Waals surface area contributed by atoms with Crippen LogP contribution < -0.4 is 0 Å². The van der Waals surface area contributed by atoms with Gasteiger partial charge in [-0.1, -0.05) is 26.5 Å². The standard InChI is InChI=1S/C20H26O7/c1-11(2)19(23)27-18-16-12(3)20(24)26-15(16)8-13(9-21)6-5-7-14(10-22)17(18)25-4/h7-8,10-11,15-18,21H,3,5-6,9H2,1-2,4H3/b13-8-,14-7-/t15-,16+,17-,18+/m1/s1. The highest BCUT2D eigenvalue weighted by Gasteiger charge is 2.48. The van der Waals surface area contributed by atoms with Gasteiger partial charge in [0, 0.05) is 18.3 Å². The Balaban J connectivity index is 2.57. The van der Waals surface area contributed by atoms with Gasteiger partial charge in [0.05, 0.1) is 18.4 Å². The first-order chi connectivity index (χ1) is 12.8. The molecule has 2 rings (SSSR count). The zero-order valence-corrected chi connectivity index (χ0v) is 15.8. The fourth-order valence-corrected chi connectivity index (χ4v) is 3.29. The number of allylic oxidation sites excluding steroid dienone is 1. The second-order valence-electron chi connectivity index (χ2n) is 6.98. The van der Waals surface area contributed by atoms with Crippen LogP contribution in [-0.4, -0.2) is 55.4 Å². The molecule has 2 aliphatic rings. The average Bonchev–Trinajstić information content (AvgIpc) is 2.92. The van der Waals surface area contributed by atoms with E-state index in [1.165, 1.54) is 7.11 Å². The van der Waals surface area contributed by atoms with Gasteiger partial charge in [0.15, 0.2) is 0 Å². The van der Waals surface area contributed by atoms with E-state index in [1.54, 1.807) is 26.0 Å². The molecule has 1 fully saturated rings. The number of hydrogen-bond donors (Lipinski definition) is 1. The predicted octanol–water partition coefficient (Wildman–Crippen LogP) is 1.50. The SMILES string of the molecule is C=C1C(=O)O[C@@H]2/C=C(\CO)CC/C=C(/C=O)[C@@H](OC)[C@@H](OC(=O)C(C)C)[C@@H]12. The van der Waals surface area contributed by atoms with Gasteiger partial charge in [0.25, 0.3) is 0 Å². The first kappa shape index (κ1) is 21.1. The number of fused-ring (bicyclic) bond motifs is 1. The molecule has 0 unspecified atom stereocenters. The first-order valence-electron chi connectivity index (χ1n) is 8.92. The molecule has 148 valence electrons. The molecule has 1 saturated heterocycles. The summed E-state index contributed by atoms with van der Waals surface area (Å²) in [6.45, 7) is 6.97. The molecule has 0 bridgehead atoms. The van der Waals surface area contributed by atoms with E-state index >= 15 is 0 Å². The average molecular weight is 378 g/mol. The molecular formula is C20H26O7. The van der Waals surface area contributed by atoms with E-state index < -0.39 is 42.1 Å². The van der Waals surface area contributed by atoms with Crippen LogP contribution in [0, 0.1) is 11.8 Å². The van der Waals surface area contributed by atoms with E-state index in [-0.39, 0.29) is 12.2 Å². The molecule has 7 heteroatoms. The zero-order chi connectivity index (χ0) is 20.1. The number of hydrogen-bond acceptors (Lipinski definition) is 7. The monoisotopic (exact) mass is 378 g/mol. The maximum Gasteiger partial charge on any atom is 0.334 e. The number of aldehydes is 1. The van der Waals surface area contributed by atoms with Crippen LogP contribution in [0.2, 0.25) is 0 Å². The van der Waals surface area contributed by atoms with Crippen LogP contribution in [0.1, 0.15) is 26.7 Å². The summed E-state index contributed by atoms with van der Waals surface area (Å²) in [5, 5.41) is 9.60. The van der Waals surface area contributed by atoms with Crippen LogP contribution in [0.3, 0.4) is 0 Å². The van der Waals surface area contributed by atoms with Crippen molar-refractivity contribution < 1.29 is 33.7 Å². The molecule has 0 aromatic heterocycles. The van der Waals surface area contributed by atoms with Crippen molar-refractivity contribution in [1.82, 2.24) is 0 Å². The first-order valence-corrected chi connectivity index (χ1v) is 8.92. The minimum Gasteiger partial charge on any atom is -0.458 e. The number of rotatable bonds is 5. The molecule has 0 spiro atoms. The normalized spacial score (nSPS) is 32.6. The zero-order valence-electron chi connectivity index (χ0n) is 15.8. The van der Waals surface area contributed by atoms with Crippen LogP contribution in [0.4, 0.5) is 0 Å². The number of methoxy groups -OCH3 is 1. The van der Waals surface area contributed by atoms with Gasteiger partial charge in [-0.3, -0.25) is 9.59 Å². The lowest BCUT2D eigenvalue weighted by molar-refractivity contribution is -0.163. The Hall–Kier alpha value is -2.25. The summed E-state index contributed by atoms with van der Waals surface area (Å²) in [4.78, 5) is 36.2. The Bertz CT molecular complexity index is 674. The van der Waals surface area contributed by atoms with E-state index in [0.717, 1.165) is 0 Å². The summed E-state index contributed by atoms with van der Waals surface area (Å²) < 4.78 is 16.6. The van der Waals surface area contributed by atoms with Crippen molar-refractivity contribution in [3.63, 3.8) is 0 Å². The summed E-state index contributed by atoms with van der Waals surface area (Å²) in [5.74, 6) is -2.22. The predicted molar refractivity (Wildman–Crippen MR) is 96.6 cm³/mol. The minimum atomic E-state index is -0.973. The van der Waals surface area contributed by atoms with Gasteiger partial charge in [-0.25, -0.2) is 4.79 Å². The van der Waals surface area contributed by atoms with Crippen LogP contribution >= 0.6 is 0 Å².